The van der Waals surface area contributed by atoms with E-state index < -0.39 is 10.8 Å². The third-order valence-corrected chi connectivity index (χ3v) is 4.32. The topological polar surface area (TPSA) is 58.2 Å². The van der Waals surface area contributed by atoms with E-state index in [2.05, 4.69) is 10.6 Å². The molecule has 1 aliphatic rings. The Morgan fingerprint density at radius 3 is 3.11 bits per heavy atom. The molecule has 5 heteroatoms. The van der Waals surface area contributed by atoms with Gasteiger partial charge in [-0.05, 0) is 24.1 Å². The zero-order chi connectivity index (χ0) is 13.0. The molecular weight excluding hydrogens is 248 g/mol. The summed E-state index contributed by atoms with van der Waals surface area (Å²) in [6.07, 6.45) is 1.02. The van der Waals surface area contributed by atoms with Crippen molar-refractivity contribution in [2.45, 2.75) is 13.3 Å². The number of nitrogens with one attached hydrogen (secondary N) is 2. The molecule has 4 nitrogen and oxygen atoms in total. The summed E-state index contributed by atoms with van der Waals surface area (Å²) in [7, 11) is -0.827. The van der Waals surface area contributed by atoms with Gasteiger partial charge in [-0.15, -0.1) is 0 Å². The van der Waals surface area contributed by atoms with E-state index in [-0.39, 0.29) is 5.91 Å². The van der Waals surface area contributed by atoms with Crippen LogP contribution in [-0.4, -0.2) is 34.7 Å². The highest BCUT2D eigenvalue weighted by Gasteiger charge is 2.13. The Morgan fingerprint density at radius 2 is 2.33 bits per heavy atom. The number of carbonyl (C=O) groups is 1. The fourth-order valence-corrected chi connectivity index (χ4v) is 2.58. The predicted molar refractivity (Wildman–Crippen MR) is 74.5 cm³/mol. The van der Waals surface area contributed by atoms with Crippen LogP contribution in [0.4, 0.5) is 5.69 Å². The van der Waals surface area contributed by atoms with Gasteiger partial charge in [0.1, 0.15) is 0 Å². The van der Waals surface area contributed by atoms with Crippen molar-refractivity contribution in [1.29, 1.82) is 0 Å². The maximum absolute atomic E-state index is 11.9. The quantitative estimate of drug-likeness (QED) is 0.840. The molecule has 1 heterocycles. The minimum absolute atomic E-state index is 0.0976. The summed E-state index contributed by atoms with van der Waals surface area (Å²) >= 11 is 0. The number of anilines is 1. The summed E-state index contributed by atoms with van der Waals surface area (Å²) in [5.74, 6) is 1.06. The van der Waals surface area contributed by atoms with Gasteiger partial charge >= 0.3 is 0 Å². The van der Waals surface area contributed by atoms with Crippen LogP contribution in [0.15, 0.2) is 18.2 Å². The van der Waals surface area contributed by atoms with Crippen LogP contribution in [0.2, 0.25) is 0 Å². The maximum atomic E-state index is 11.9. The van der Waals surface area contributed by atoms with Crippen LogP contribution in [0.25, 0.3) is 0 Å². The molecule has 0 aliphatic carbocycles. The Hall–Kier alpha value is -1.36. The first-order valence-corrected chi connectivity index (χ1v) is 7.69. The maximum Gasteiger partial charge on any atom is 0.251 e. The van der Waals surface area contributed by atoms with Crippen molar-refractivity contribution in [3.05, 3.63) is 29.3 Å². The summed E-state index contributed by atoms with van der Waals surface area (Å²) in [6.45, 7) is 3.28. The Morgan fingerprint density at radius 1 is 1.50 bits per heavy atom. The Labute approximate surface area is 110 Å². The Balaban J connectivity index is 1.91. The number of hydrogen-bond donors (Lipinski definition) is 2. The molecule has 1 aromatic carbocycles. The molecule has 1 unspecified atom stereocenters. The lowest BCUT2D eigenvalue weighted by Gasteiger charge is -2.06. The van der Waals surface area contributed by atoms with Gasteiger partial charge in [0.05, 0.1) is 0 Å². The van der Waals surface area contributed by atoms with Crippen molar-refractivity contribution >= 4 is 22.4 Å². The van der Waals surface area contributed by atoms with Crippen LogP contribution < -0.4 is 10.6 Å². The number of hydrogen-bond acceptors (Lipinski definition) is 3. The molecule has 18 heavy (non-hydrogen) atoms. The number of carbonyl (C=O) groups excluding carboxylic acids is 1. The first-order chi connectivity index (χ1) is 8.70. The summed E-state index contributed by atoms with van der Waals surface area (Å²) < 4.78 is 11.2. The SMILES string of the molecule is CCS(=O)CCNC(=O)c1ccc2c(c1)NCC2. The number of rotatable bonds is 5. The molecule has 0 fully saturated rings. The molecule has 0 bridgehead atoms. The van der Waals surface area contributed by atoms with Crippen molar-refractivity contribution in [1.82, 2.24) is 5.32 Å². The molecule has 0 spiro atoms. The highest BCUT2D eigenvalue weighted by molar-refractivity contribution is 7.84. The molecule has 1 aromatic rings. The Bertz CT molecular complexity index is 474. The lowest BCUT2D eigenvalue weighted by atomic mass is 10.1. The van der Waals surface area contributed by atoms with Gasteiger partial charge in [0.15, 0.2) is 0 Å². The van der Waals surface area contributed by atoms with Crippen molar-refractivity contribution in [2.24, 2.45) is 0 Å². The van der Waals surface area contributed by atoms with Gasteiger partial charge in [0.25, 0.3) is 5.91 Å². The summed E-state index contributed by atoms with van der Waals surface area (Å²) in [4.78, 5) is 11.9. The Kier molecular flexibility index (Phi) is 4.36. The van der Waals surface area contributed by atoms with E-state index in [4.69, 9.17) is 0 Å². The molecule has 0 aromatic heterocycles. The second kappa shape index (κ2) is 6.00. The molecule has 2 N–H and O–H groups in total. The highest BCUT2D eigenvalue weighted by Crippen LogP contribution is 2.22. The average Bonchev–Trinajstić information content (AvgIpc) is 2.85. The number of fused-ring (bicyclic) bond motifs is 1. The smallest absolute Gasteiger partial charge is 0.251 e. The average molecular weight is 266 g/mol. The van der Waals surface area contributed by atoms with E-state index in [1.54, 1.807) is 0 Å². The third-order valence-electron chi connectivity index (χ3n) is 3.02. The van der Waals surface area contributed by atoms with Gasteiger partial charge in [0.2, 0.25) is 0 Å². The van der Waals surface area contributed by atoms with Crippen molar-refractivity contribution in [3.63, 3.8) is 0 Å². The van der Waals surface area contributed by atoms with Crippen molar-refractivity contribution in [2.75, 3.05) is 29.9 Å². The minimum atomic E-state index is -0.827. The normalized spacial score (nSPS) is 14.7. The van der Waals surface area contributed by atoms with Crippen LogP contribution in [0.3, 0.4) is 0 Å². The number of benzene rings is 1. The van der Waals surface area contributed by atoms with E-state index in [0.717, 1.165) is 18.7 Å². The minimum Gasteiger partial charge on any atom is -0.384 e. The second-order valence-corrected chi connectivity index (χ2v) is 6.10. The fraction of sp³-hybridized carbons (Fsp3) is 0.462. The van der Waals surface area contributed by atoms with Gasteiger partial charge in [-0.3, -0.25) is 9.00 Å². The van der Waals surface area contributed by atoms with Gasteiger partial charge in [-0.1, -0.05) is 13.0 Å². The molecule has 1 amide bonds. The largest absolute Gasteiger partial charge is 0.384 e. The summed E-state index contributed by atoms with van der Waals surface area (Å²) in [5, 5.41) is 6.05. The molecule has 1 aliphatic heterocycles. The van der Waals surface area contributed by atoms with Crippen LogP contribution in [-0.2, 0) is 17.2 Å². The zero-order valence-electron chi connectivity index (χ0n) is 10.5. The van der Waals surface area contributed by atoms with E-state index in [1.165, 1.54) is 5.56 Å². The predicted octanol–water partition coefficient (Wildman–Crippen LogP) is 1.15. The molecule has 1 atom stereocenters. The van der Waals surface area contributed by atoms with Crippen LogP contribution in [0, 0.1) is 0 Å². The molecule has 2 rings (SSSR count). The van der Waals surface area contributed by atoms with Gasteiger partial charge in [-0.25, -0.2) is 0 Å². The lowest BCUT2D eigenvalue weighted by molar-refractivity contribution is 0.0956. The first kappa shape index (κ1) is 13.1. The highest BCUT2D eigenvalue weighted by atomic mass is 32.2. The molecular formula is C13H18N2O2S. The van der Waals surface area contributed by atoms with Crippen molar-refractivity contribution in [3.8, 4) is 0 Å². The first-order valence-electron chi connectivity index (χ1n) is 6.20. The monoisotopic (exact) mass is 266 g/mol. The van der Waals surface area contributed by atoms with Crippen LogP contribution in [0.5, 0.6) is 0 Å². The van der Waals surface area contributed by atoms with Crippen LogP contribution >= 0.6 is 0 Å². The van der Waals surface area contributed by atoms with E-state index in [1.807, 2.05) is 25.1 Å². The summed E-state index contributed by atoms with van der Waals surface area (Å²) in [6, 6.07) is 5.72. The standard InChI is InChI=1S/C13H18N2O2S/c1-2-18(17)8-7-15-13(16)11-4-3-10-5-6-14-12(10)9-11/h3-4,9,14H,2,5-8H2,1H3,(H,15,16). The zero-order valence-corrected chi connectivity index (χ0v) is 11.3. The van der Waals surface area contributed by atoms with E-state index in [9.17, 15) is 9.00 Å². The molecule has 0 saturated carbocycles. The van der Waals surface area contributed by atoms with Gasteiger partial charge < -0.3 is 10.6 Å². The number of amides is 1. The second-order valence-electron chi connectivity index (χ2n) is 4.24. The van der Waals surface area contributed by atoms with Gasteiger partial charge in [-0.2, -0.15) is 0 Å². The van der Waals surface area contributed by atoms with Crippen molar-refractivity contribution < 1.29 is 9.00 Å². The van der Waals surface area contributed by atoms with Gasteiger partial charge in [0, 0.05) is 46.6 Å². The lowest BCUT2D eigenvalue weighted by Crippen LogP contribution is -2.28. The van der Waals surface area contributed by atoms with E-state index >= 15 is 0 Å². The third kappa shape index (κ3) is 3.10. The molecule has 0 saturated heterocycles. The van der Waals surface area contributed by atoms with Crippen LogP contribution in [0.1, 0.15) is 22.8 Å². The van der Waals surface area contributed by atoms with E-state index in [0.29, 0.717) is 23.6 Å². The molecule has 98 valence electrons. The fourth-order valence-electron chi connectivity index (χ4n) is 1.96. The molecule has 0 radical (unpaired) electrons. The summed E-state index contributed by atoms with van der Waals surface area (Å²) in [5.41, 5.74) is 2.98.